The van der Waals surface area contributed by atoms with Crippen LogP contribution in [-0.2, 0) is 16.1 Å². The lowest BCUT2D eigenvalue weighted by Gasteiger charge is -2.15. The number of carbonyl (C=O) groups excluding carboxylic acids is 1. The van der Waals surface area contributed by atoms with Crippen molar-refractivity contribution in [1.82, 2.24) is 5.32 Å². The van der Waals surface area contributed by atoms with Gasteiger partial charge in [0, 0.05) is 6.54 Å². The maximum atomic E-state index is 12.0. The molecule has 0 heterocycles. The highest BCUT2D eigenvalue weighted by molar-refractivity contribution is 5.80. The molecule has 4 heteroatoms. The van der Waals surface area contributed by atoms with Gasteiger partial charge in [-0.25, -0.2) is 0 Å². The zero-order chi connectivity index (χ0) is 16.5. The molecule has 122 valence electrons. The molecule has 0 saturated heterocycles. The molecule has 0 spiro atoms. The Balaban J connectivity index is 1.63. The molecule has 0 radical (unpaired) electrons. The average Bonchev–Trinajstić information content (AvgIpc) is 2.57. The Hall–Kier alpha value is -2.33. The average molecular weight is 313 g/mol. The van der Waals surface area contributed by atoms with Crippen LogP contribution in [0.5, 0.6) is 5.75 Å². The van der Waals surface area contributed by atoms with E-state index in [-0.39, 0.29) is 5.91 Å². The first-order valence-electron chi connectivity index (χ1n) is 7.78. The summed E-state index contributed by atoms with van der Waals surface area (Å²) in [5.41, 5.74) is 2.28. The summed E-state index contributed by atoms with van der Waals surface area (Å²) in [4.78, 5) is 12.0. The minimum absolute atomic E-state index is 0.145. The minimum atomic E-state index is -0.535. The molecule has 23 heavy (non-hydrogen) atoms. The smallest absolute Gasteiger partial charge is 0.260 e. The molecule has 0 aromatic heterocycles. The molecule has 0 aliphatic rings. The van der Waals surface area contributed by atoms with Crippen LogP contribution in [0.15, 0.2) is 54.6 Å². The van der Waals surface area contributed by atoms with Gasteiger partial charge in [-0.1, -0.05) is 48.0 Å². The van der Waals surface area contributed by atoms with Gasteiger partial charge in [0.15, 0.2) is 6.10 Å². The van der Waals surface area contributed by atoms with E-state index in [1.807, 2.05) is 61.5 Å². The number of aryl methyl sites for hydroxylation is 1. The fourth-order valence-electron chi connectivity index (χ4n) is 2.03. The number of nitrogens with one attached hydrogen (secondary N) is 1. The van der Waals surface area contributed by atoms with E-state index in [9.17, 15) is 4.79 Å². The standard InChI is InChI=1S/C19H23NO3/c1-15-8-10-18(11-9-15)23-16(2)19(21)20-12-13-22-14-17-6-4-3-5-7-17/h3-11,16H,12-14H2,1-2H3,(H,20,21)/t16-/m0/s1. The van der Waals surface area contributed by atoms with Crippen LogP contribution in [0.25, 0.3) is 0 Å². The van der Waals surface area contributed by atoms with Gasteiger partial charge in [0.1, 0.15) is 5.75 Å². The third kappa shape index (κ3) is 6.12. The van der Waals surface area contributed by atoms with Gasteiger partial charge in [-0.2, -0.15) is 0 Å². The van der Waals surface area contributed by atoms with E-state index in [0.29, 0.717) is 25.5 Å². The Labute approximate surface area is 137 Å². The molecular weight excluding hydrogens is 290 g/mol. The summed E-state index contributed by atoms with van der Waals surface area (Å²) < 4.78 is 11.1. The molecule has 4 nitrogen and oxygen atoms in total. The molecule has 1 N–H and O–H groups in total. The number of benzene rings is 2. The maximum Gasteiger partial charge on any atom is 0.260 e. The molecule has 0 aliphatic carbocycles. The van der Waals surface area contributed by atoms with Gasteiger partial charge in [0.25, 0.3) is 5.91 Å². The van der Waals surface area contributed by atoms with Crippen LogP contribution in [0.4, 0.5) is 0 Å². The van der Waals surface area contributed by atoms with E-state index in [1.54, 1.807) is 6.92 Å². The Kier molecular flexibility index (Phi) is 6.63. The summed E-state index contributed by atoms with van der Waals surface area (Å²) >= 11 is 0. The van der Waals surface area contributed by atoms with E-state index in [2.05, 4.69) is 5.32 Å². The highest BCUT2D eigenvalue weighted by atomic mass is 16.5. The lowest BCUT2D eigenvalue weighted by atomic mass is 10.2. The van der Waals surface area contributed by atoms with E-state index >= 15 is 0 Å². The Morgan fingerprint density at radius 3 is 2.48 bits per heavy atom. The Morgan fingerprint density at radius 2 is 1.78 bits per heavy atom. The molecule has 1 amide bonds. The molecule has 0 bridgehead atoms. The van der Waals surface area contributed by atoms with Gasteiger partial charge < -0.3 is 14.8 Å². The molecule has 0 aliphatic heterocycles. The van der Waals surface area contributed by atoms with Crippen LogP contribution in [0.2, 0.25) is 0 Å². The molecule has 0 fully saturated rings. The van der Waals surface area contributed by atoms with Gasteiger partial charge in [-0.15, -0.1) is 0 Å². The normalized spacial score (nSPS) is 11.7. The SMILES string of the molecule is Cc1ccc(O[C@@H](C)C(=O)NCCOCc2ccccc2)cc1. The van der Waals surface area contributed by atoms with Crippen molar-refractivity contribution in [3.05, 3.63) is 65.7 Å². The van der Waals surface area contributed by atoms with Gasteiger partial charge >= 0.3 is 0 Å². The predicted molar refractivity (Wildman–Crippen MR) is 90.4 cm³/mol. The second-order valence-electron chi connectivity index (χ2n) is 5.40. The van der Waals surface area contributed by atoms with Gasteiger partial charge in [-0.05, 0) is 31.5 Å². The number of carbonyl (C=O) groups is 1. The minimum Gasteiger partial charge on any atom is -0.481 e. The maximum absolute atomic E-state index is 12.0. The van der Waals surface area contributed by atoms with Crippen LogP contribution in [0, 0.1) is 6.92 Å². The Morgan fingerprint density at radius 1 is 1.09 bits per heavy atom. The number of rotatable bonds is 8. The summed E-state index contributed by atoms with van der Waals surface area (Å²) in [6, 6.07) is 17.6. The quantitative estimate of drug-likeness (QED) is 0.762. The zero-order valence-electron chi connectivity index (χ0n) is 13.6. The van der Waals surface area contributed by atoms with Crippen LogP contribution in [-0.4, -0.2) is 25.2 Å². The highest BCUT2D eigenvalue weighted by Gasteiger charge is 2.13. The fraction of sp³-hybridized carbons (Fsp3) is 0.316. The van der Waals surface area contributed by atoms with Crippen molar-refractivity contribution in [2.45, 2.75) is 26.6 Å². The van der Waals surface area contributed by atoms with Crippen LogP contribution in [0.1, 0.15) is 18.1 Å². The largest absolute Gasteiger partial charge is 0.481 e. The second-order valence-corrected chi connectivity index (χ2v) is 5.40. The lowest BCUT2D eigenvalue weighted by Crippen LogP contribution is -2.38. The van der Waals surface area contributed by atoms with Crippen molar-refractivity contribution in [2.24, 2.45) is 0 Å². The van der Waals surface area contributed by atoms with Crippen molar-refractivity contribution >= 4 is 5.91 Å². The van der Waals surface area contributed by atoms with E-state index in [0.717, 1.165) is 11.1 Å². The number of hydrogen-bond acceptors (Lipinski definition) is 3. The highest BCUT2D eigenvalue weighted by Crippen LogP contribution is 2.13. The van der Waals surface area contributed by atoms with Crippen LogP contribution < -0.4 is 10.1 Å². The predicted octanol–water partition coefficient (Wildman–Crippen LogP) is 3.10. The van der Waals surface area contributed by atoms with Crippen molar-refractivity contribution in [1.29, 1.82) is 0 Å². The summed E-state index contributed by atoms with van der Waals surface area (Å²) in [6.07, 6.45) is -0.535. The number of hydrogen-bond donors (Lipinski definition) is 1. The Bertz CT molecular complexity index is 596. The van der Waals surface area contributed by atoms with Crippen molar-refractivity contribution in [2.75, 3.05) is 13.2 Å². The molecule has 1 atom stereocenters. The van der Waals surface area contributed by atoms with Gasteiger partial charge in [0.05, 0.1) is 13.2 Å². The first-order valence-corrected chi connectivity index (χ1v) is 7.78. The number of amides is 1. The van der Waals surface area contributed by atoms with E-state index < -0.39 is 6.10 Å². The second kappa shape index (κ2) is 8.96. The molecule has 2 aromatic rings. The first kappa shape index (κ1) is 17.0. The molecule has 0 saturated carbocycles. The van der Waals surface area contributed by atoms with Crippen molar-refractivity contribution < 1.29 is 14.3 Å². The first-order chi connectivity index (χ1) is 11.1. The molecule has 2 rings (SSSR count). The van der Waals surface area contributed by atoms with E-state index in [4.69, 9.17) is 9.47 Å². The monoisotopic (exact) mass is 313 g/mol. The lowest BCUT2D eigenvalue weighted by molar-refractivity contribution is -0.127. The van der Waals surface area contributed by atoms with Crippen LogP contribution in [0.3, 0.4) is 0 Å². The summed E-state index contributed by atoms with van der Waals surface area (Å²) in [6.45, 7) is 5.23. The summed E-state index contributed by atoms with van der Waals surface area (Å²) in [7, 11) is 0. The van der Waals surface area contributed by atoms with Gasteiger partial charge in [0.2, 0.25) is 0 Å². The number of ether oxygens (including phenoxy) is 2. The van der Waals surface area contributed by atoms with Crippen LogP contribution >= 0.6 is 0 Å². The summed E-state index contributed by atoms with van der Waals surface area (Å²) in [5, 5.41) is 2.81. The summed E-state index contributed by atoms with van der Waals surface area (Å²) in [5.74, 6) is 0.549. The topological polar surface area (TPSA) is 47.6 Å². The molecule has 0 unspecified atom stereocenters. The van der Waals surface area contributed by atoms with Crippen molar-refractivity contribution in [3.8, 4) is 5.75 Å². The third-order valence-electron chi connectivity index (χ3n) is 3.36. The third-order valence-corrected chi connectivity index (χ3v) is 3.36. The molecule has 2 aromatic carbocycles. The van der Waals surface area contributed by atoms with Crippen molar-refractivity contribution in [3.63, 3.8) is 0 Å². The van der Waals surface area contributed by atoms with E-state index in [1.165, 1.54) is 0 Å². The fourth-order valence-corrected chi connectivity index (χ4v) is 2.03. The van der Waals surface area contributed by atoms with Gasteiger partial charge in [-0.3, -0.25) is 4.79 Å². The molecular formula is C19H23NO3. The zero-order valence-corrected chi connectivity index (χ0v) is 13.6.